The van der Waals surface area contributed by atoms with Crippen LogP contribution in [0.2, 0.25) is 0 Å². The lowest BCUT2D eigenvalue weighted by Gasteiger charge is -2.17. The number of rotatable bonds is 2. The summed E-state index contributed by atoms with van der Waals surface area (Å²) in [5.41, 5.74) is 9.07. The maximum atomic E-state index is 5.67. The average Bonchev–Trinajstić information content (AvgIpc) is 2.97. The quantitative estimate of drug-likeness (QED) is 0.825. The standard InChI is InChI=1S/C12H16N4/c13-8-11-12-7-10(15-4-1-2-5-15)3-6-16(12)9-14-11/h3,6-7,9H,1-2,4-5,8,13H2. The molecule has 3 heterocycles. The summed E-state index contributed by atoms with van der Waals surface area (Å²) in [4.78, 5) is 6.72. The second kappa shape index (κ2) is 3.79. The van der Waals surface area contributed by atoms with Gasteiger partial charge >= 0.3 is 0 Å². The highest BCUT2D eigenvalue weighted by Gasteiger charge is 2.13. The zero-order chi connectivity index (χ0) is 11.0. The predicted octanol–water partition coefficient (Wildman–Crippen LogP) is 1.39. The molecule has 0 bridgehead atoms. The Hall–Kier alpha value is -1.55. The SMILES string of the molecule is NCc1ncn2ccc(N3CCCC3)cc12. The van der Waals surface area contributed by atoms with Crippen LogP contribution in [0.3, 0.4) is 0 Å². The first-order valence-electron chi connectivity index (χ1n) is 5.79. The van der Waals surface area contributed by atoms with Gasteiger partial charge in [0.1, 0.15) is 0 Å². The van der Waals surface area contributed by atoms with Crippen molar-refractivity contribution in [3.63, 3.8) is 0 Å². The van der Waals surface area contributed by atoms with Crippen molar-refractivity contribution in [2.45, 2.75) is 19.4 Å². The van der Waals surface area contributed by atoms with E-state index in [-0.39, 0.29) is 0 Å². The van der Waals surface area contributed by atoms with Gasteiger partial charge in [-0.1, -0.05) is 0 Å². The summed E-state index contributed by atoms with van der Waals surface area (Å²) in [5.74, 6) is 0. The molecule has 4 heteroatoms. The Kier molecular flexibility index (Phi) is 2.29. The van der Waals surface area contributed by atoms with E-state index in [1.165, 1.54) is 31.6 Å². The van der Waals surface area contributed by atoms with E-state index in [2.05, 4.69) is 28.2 Å². The van der Waals surface area contributed by atoms with E-state index in [0.29, 0.717) is 6.54 Å². The van der Waals surface area contributed by atoms with E-state index in [0.717, 1.165) is 11.2 Å². The lowest BCUT2D eigenvalue weighted by atomic mass is 10.3. The van der Waals surface area contributed by atoms with Gasteiger partial charge in [-0.05, 0) is 25.0 Å². The van der Waals surface area contributed by atoms with Crippen molar-refractivity contribution in [1.29, 1.82) is 0 Å². The molecule has 0 aromatic carbocycles. The second-order valence-corrected chi connectivity index (χ2v) is 4.27. The molecule has 1 saturated heterocycles. The van der Waals surface area contributed by atoms with Crippen molar-refractivity contribution < 1.29 is 0 Å². The first-order valence-corrected chi connectivity index (χ1v) is 5.79. The molecule has 1 fully saturated rings. The Morgan fingerprint density at radius 2 is 2.12 bits per heavy atom. The summed E-state index contributed by atoms with van der Waals surface area (Å²) in [6, 6.07) is 4.35. The largest absolute Gasteiger partial charge is 0.371 e. The minimum atomic E-state index is 0.500. The van der Waals surface area contributed by atoms with E-state index < -0.39 is 0 Å². The van der Waals surface area contributed by atoms with Crippen LogP contribution < -0.4 is 10.6 Å². The smallest absolute Gasteiger partial charge is 0.0996 e. The van der Waals surface area contributed by atoms with Crippen LogP contribution in [0, 0.1) is 0 Å². The maximum absolute atomic E-state index is 5.67. The molecule has 0 aliphatic carbocycles. The summed E-state index contributed by atoms with van der Waals surface area (Å²) in [6.45, 7) is 2.84. The molecule has 0 atom stereocenters. The lowest BCUT2D eigenvalue weighted by molar-refractivity contribution is 0.949. The van der Waals surface area contributed by atoms with Gasteiger partial charge in [-0.3, -0.25) is 0 Å². The number of nitrogens with two attached hydrogens (primary N) is 1. The number of anilines is 1. The molecule has 1 aliphatic heterocycles. The van der Waals surface area contributed by atoms with Crippen LogP contribution in [-0.4, -0.2) is 22.5 Å². The van der Waals surface area contributed by atoms with E-state index in [4.69, 9.17) is 5.73 Å². The number of imidazole rings is 1. The molecule has 0 radical (unpaired) electrons. The fraction of sp³-hybridized carbons (Fsp3) is 0.417. The van der Waals surface area contributed by atoms with Gasteiger partial charge in [0, 0.05) is 31.5 Å². The number of hydrogen-bond acceptors (Lipinski definition) is 3. The van der Waals surface area contributed by atoms with Crippen LogP contribution in [-0.2, 0) is 6.54 Å². The first kappa shape index (κ1) is 9.66. The fourth-order valence-electron chi connectivity index (χ4n) is 2.36. The van der Waals surface area contributed by atoms with E-state index in [1.54, 1.807) is 0 Å². The van der Waals surface area contributed by atoms with Crippen molar-refractivity contribution in [2.24, 2.45) is 5.73 Å². The van der Waals surface area contributed by atoms with Crippen LogP contribution in [0.5, 0.6) is 0 Å². The van der Waals surface area contributed by atoms with Crippen LogP contribution in [0.4, 0.5) is 5.69 Å². The number of aromatic nitrogens is 2. The van der Waals surface area contributed by atoms with Crippen molar-refractivity contribution in [2.75, 3.05) is 18.0 Å². The normalized spacial score (nSPS) is 16.2. The summed E-state index contributed by atoms with van der Waals surface area (Å²) >= 11 is 0. The van der Waals surface area contributed by atoms with Crippen molar-refractivity contribution in [1.82, 2.24) is 9.38 Å². The van der Waals surface area contributed by atoms with Crippen LogP contribution in [0.15, 0.2) is 24.7 Å². The molecule has 4 nitrogen and oxygen atoms in total. The number of fused-ring (bicyclic) bond motifs is 1. The van der Waals surface area contributed by atoms with E-state index >= 15 is 0 Å². The minimum absolute atomic E-state index is 0.500. The zero-order valence-corrected chi connectivity index (χ0v) is 9.26. The maximum Gasteiger partial charge on any atom is 0.0996 e. The molecule has 0 unspecified atom stereocenters. The van der Waals surface area contributed by atoms with Gasteiger partial charge in [0.2, 0.25) is 0 Å². The summed E-state index contributed by atoms with van der Waals surface area (Å²) < 4.78 is 2.03. The highest BCUT2D eigenvalue weighted by molar-refractivity contribution is 5.62. The number of nitrogens with zero attached hydrogens (tertiary/aromatic N) is 3. The molecule has 0 saturated carbocycles. The summed E-state index contributed by atoms with van der Waals surface area (Å²) in [6.07, 6.45) is 6.49. The predicted molar refractivity (Wildman–Crippen MR) is 64.5 cm³/mol. The van der Waals surface area contributed by atoms with Gasteiger partial charge in [0.25, 0.3) is 0 Å². The highest BCUT2D eigenvalue weighted by atomic mass is 15.1. The molecule has 16 heavy (non-hydrogen) atoms. The van der Waals surface area contributed by atoms with Gasteiger partial charge in [-0.25, -0.2) is 4.98 Å². The molecular weight excluding hydrogens is 200 g/mol. The van der Waals surface area contributed by atoms with Crippen LogP contribution in [0.25, 0.3) is 5.52 Å². The van der Waals surface area contributed by atoms with Gasteiger partial charge in [-0.15, -0.1) is 0 Å². The topological polar surface area (TPSA) is 46.6 Å². The molecule has 3 rings (SSSR count). The molecule has 2 N–H and O–H groups in total. The van der Waals surface area contributed by atoms with E-state index in [9.17, 15) is 0 Å². The zero-order valence-electron chi connectivity index (χ0n) is 9.26. The molecular formula is C12H16N4. The van der Waals surface area contributed by atoms with Gasteiger partial charge < -0.3 is 15.0 Å². The van der Waals surface area contributed by atoms with Crippen LogP contribution >= 0.6 is 0 Å². The molecule has 2 aromatic rings. The summed E-state index contributed by atoms with van der Waals surface area (Å²) in [5, 5.41) is 0. The fourth-order valence-corrected chi connectivity index (χ4v) is 2.36. The molecule has 1 aliphatic rings. The molecule has 0 spiro atoms. The first-order chi connectivity index (χ1) is 7.88. The van der Waals surface area contributed by atoms with Crippen LogP contribution in [0.1, 0.15) is 18.5 Å². The highest BCUT2D eigenvalue weighted by Crippen LogP contribution is 2.22. The van der Waals surface area contributed by atoms with Gasteiger partial charge in [0.15, 0.2) is 0 Å². The van der Waals surface area contributed by atoms with Crippen molar-refractivity contribution in [3.8, 4) is 0 Å². The van der Waals surface area contributed by atoms with E-state index in [1.807, 2.05) is 10.7 Å². The van der Waals surface area contributed by atoms with Crippen molar-refractivity contribution >= 4 is 11.2 Å². The molecule has 84 valence electrons. The molecule has 0 amide bonds. The van der Waals surface area contributed by atoms with Gasteiger partial charge in [0.05, 0.1) is 17.5 Å². The third kappa shape index (κ3) is 1.46. The Balaban J connectivity index is 2.06. The Bertz CT molecular complexity index is 497. The Labute approximate surface area is 94.7 Å². The minimum Gasteiger partial charge on any atom is -0.371 e. The Morgan fingerprint density at radius 1 is 1.31 bits per heavy atom. The third-order valence-corrected chi connectivity index (χ3v) is 3.27. The molecule has 2 aromatic heterocycles. The second-order valence-electron chi connectivity index (χ2n) is 4.27. The van der Waals surface area contributed by atoms with Gasteiger partial charge in [-0.2, -0.15) is 0 Å². The number of pyridine rings is 1. The monoisotopic (exact) mass is 216 g/mol. The average molecular weight is 216 g/mol. The summed E-state index contributed by atoms with van der Waals surface area (Å²) in [7, 11) is 0. The number of hydrogen-bond donors (Lipinski definition) is 1. The Morgan fingerprint density at radius 3 is 2.88 bits per heavy atom. The third-order valence-electron chi connectivity index (χ3n) is 3.27. The lowest BCUT2D eigenvalue weighted by Crippen LogP contribution is -2.17. The van der Waals surface area contributed by atoms with Crippen molar-refractivity contribution in [3.05, 3.63) is 30.4 Å².